The number of pyridine rings is 1. The van der Waals surface area contributed by atoms with Gasteiger partial charge in [0, 0.05) is 13.3 Å². The van der Waals surface area contributed by atoms with Gasteiger partial charge in [0.2, 0.25) is 0 Å². The summed E-state index contributed by atoms with van der Waals surface area (Å²) < 4.78 is 5.38. The lowest BCUT2D eigenvalue weighted by Crippen LogP contribution is -2.23. The largest absolute Gasteiger partial charge is 0.383 e. The highest BCUT2D eigenvalue weighted by molar-refractivity contribution is 5.43. The van der Waals surface area contributed by atoms with Crippen molar-refractivity contribution in [2.24, 2.45) is 0 Å². The van der Waals surface area contributed by atoms with Crippen molar-refractivity contribution in [1.29, 1.82) is 0 Å². The lowest BCUT2D eigenvalue weighted by molar-refractivity contribution is 0.0158. The average molecular weight is 208 g/mol. The fourth-order valence-corrected chi connectivity index (χ4v) is 1.46. The van der Waals surface area contributed by atoms with Gasteiger partial charge in [-0.1, -0.05) is 0 Å². The summed E-state index contributed by atoms with van der Waals surface area (Å²) in [5.41, 5.74) is 8.08. The number of anilines is 1. The van der Waals surface area contributed by atoms with Crippen LogP contribution < -0.4 is 5.73 Å². The molecule has 0 radical (unpaired) electrons. The molecule has 0 aliphatic carbocycles. The van der Waals surface area contributed by atoms with Gasteiger partial charge in [-0.3, -0.25) is 0 Å². The summed E-state index contributed by atoms with van der Waals surface area (Å²) in [5, 5.41) is 0. The van der Waals surface area contributed by atoms with Crippen LogP contribution in [0.1, 0.15) is 31.4 Å². The zero-order valence-electron chi connectivity index (χ0n) is 10.0. The van der Waals surface area contributed by atoms with Crippen molar-refractivity contribution >= 4 is 5.82 Å². The number of ether oxygens (including phenoxy) is 1. The first-order valence-corrected chi connectivity index (χ1v) is 5.21. The van der Waals surface area contributed by atoms with Gasteiger partial charge in [-0.05, 0) is 50.8 Å². The molecule has 0 bridgehead atoms. The Morgan fingerprint density at radius 3 is 2.67 bits per heavy atom. The molecule has 0 aromatic carbocycles. The maximum Gasteiger partial charge on any atom is 0.126 e. The van der Waals surface area contributed by atoms with E-state index in [0.29, 0.717) is 5.82 Å². The van der Waals surface area contributed by atoms with E-state index in [2.05, 4.69) is 25.8 Å². The van der Waals surface area contributed by atoms with E-state index in [9.17, 15) is 0 Å². The van der Waals surface area contributed by atoms with Crippen molar-refractivity contribution in [3.05, 3.63) is 23.4 Å². The highest BCUT2D eigenvalue weighted by atomic mass is 16.5. The number of rotatable bonds is 4. The fraction of sp³-hybridized carbons (Fsp3) is 0.583. The first kappa shape index (κ1) is 12.0. The lowest BCUT2D eigenvalue weighted by atomic mass is 9.97. The number of hydrogen-bond acceptors (Lipinski definition) is 3. The molecule has 0 aliphatic rings. The van der Waals surface area contributed by atoms with Crippen LogP contribution in [0.5, 0.6) is 0 Å². The predicted molar refractivity (Wildman–Crippen MR) is 62.8 cm³/mol. The van der Waals surface area contributed by atoms with Crippen LogP contribution in [0, 0.1) is 6.92 Å². The van der Waals surface area contributed by atoms with Crippen molar-refractivity contribution in [2.75, 3.05) is 12.8 Å². The molecule has 15 heavy (non-hydrogen) atoms. The van der Waals surface area contributed by atoms with E-state index < -0.39 is 0 Å². The Kier molecular flexibility index (Phi) is 3.69. The Bertz CT molecular complexity index is 314. The summed E-state index contributed by atoms with van der Waals surface area (Å²) in [6.45, 7) is 6.22. The summed E-state index contributed by atoms with van der Waals surface area (Å²) in [4.78, 5) is 4.10. The third kappa shape index (κ3) is 3.20. The van der Waals surface area contributed by atoms with E-state index in [1.165, 1.54) is 5.56 Å². The molecular formula is C12H20N2O. The summed E-state index contributed by atoms with van der Waals surface area (Å²) in [7, 11) is 1.74. The fourth-order valence-electron chi connectivity index (χ4n) is 1.46. The molecular weight excluding hydrogens is 188 g/mol. The molecule has 0 spiro atoms. The molecule has 84 valence electrons. The van der Waals surface area contributed by atoms with E-state index in [0.717, 1.165) is 18.4 Å². The molecule has 0 saturated heterocycles. The zero-order chi connectivity index (χ0) is 11.5. The van der Waals surface area contributed by atoms with Crippen molar-refractivity contribution in [3.8, 4) is 0 Å². The molecule has 1 rings (SSSR count). The van der Waals surface area contributed by atoms with Crippen molar-refractivity contribution in [3.63, 3.8) is 0 Å². The van der Waals surface area contributed by atoms with Crippen LogP contribution in [0.15, 0.2) is 12.3 Å². The number of nitrogens with zero attached hydrogens (tertiary/aromatic N) is 1. The minimum absolute atomic E-state index is 0.102. The SMILES string of the molecule is COC(C)(C)CCc1c(C)ccnc1N. The molecule has 1 aromatic heterocycles. The molecule has 0 atom stereocenters. The summed E-state index contributed by atoms with van der Waals surface area (Å²) in [5.74, 6) is 0.641. The second kappa shape index (κ2) is 4.62. The lowest BCUT2D eigenvalue weighted by Gasteiger charge is -2.23. The second-order valence-electron chi connectivity index (χ2n) is 4.46. The first-order chi connectivity index (χ1) is 6.96. The van der Waals surface area contributed by atoms with E-state index in [-0.39, 0.29) is 5.60 Å². The predicted octanol–water partition coefficient (Wildman–Crippen LogP) is 2.33. The minimum atomic E-state index is -0.102. The topological polar surface area (TPSA) is 48.1 Å². The van der Waals surface area contributed by atoms with E-state index in [1.807, 2.05) is 6.07 Å². The van der Waals surface area contributed by atoms with Crippen molar-refractivity contribution in [1.82, 2.24) is 4.98 Å². The molecule has 2 N–H and O–H groups in total. The van der Waals surface area contributed by atoms with Crippen LogP contribution in [0.3, 0.4) is 0 Å². The van der Waals surface area contributed by atoms with Crippen LogP contribution in [0.25, 0.3) is 0 Å². The molecule has 3 nitrogen and oxygen atoms in total. The molecule has 1 heterocycles. The quantitative estimate of drug-likeness (QED) is 0.826. The van der Waals surface area contributed by atoms with Crippen LogP contribution in [0.2, 0.25) is 0 Å². The Hall–Kier alpha value is -1.09. The van der Waals surface area contributed by atoms with Crippen LogP contribution in [0.4, 0.5) is 5.82 Å². The molecule has 3 heteroatoms. The molecule has 0 saturated carbocycles. The smallest absolute Gasteiger partial charge is 0.126 e. The number of nitrogens with two attached hydrogens (primary N) is 1. The Morgan fingerprint density at radius 1 is 1.47 bits per heavy atom. The number of aryl methyl sites for hydroxylation is 1. The third-order valence-electron chi connectivity index (χ3n) is 2.85. The summed E-state index contributed by atoms with van der Waals surface area (Å²) >= 11 is 0. The maximum absolute atomic E-state index is 5.84. The maximum atomic E-state index is 5.84. The van der Waals surface area contributed by atoms with Gasteiger partial charge in [-0.25, -0.2) is 4.98 Å². The van der Waals surface area contributed by atoms with Crippen LogP contribution in [-0.4, -0.2) is 17.7 Å². The van der Waals surface area contributed by atoms with Gasteiger partial charge >= 0.3 is 0 Å². The van der Waals surface area contributed by atoms with E-state index >= 15 is 0 Å². The number of methoxy groups -OCH3 is 1. The average Bonchev–Trinajstić information content (AvgIpc) is 2.17. The van der Waals surface area contributed by atoms with E-state index in [4.69, 9.17) is 10.5 Å². The van der Waals surface area contributed by atoms with E-state index in [1.54, 1.807) is 13.3 Å². The van der Waals surface area contributed by atoms with Gasteiger partial charge in [0.15, 0.2) is 0 Å². The van der Waals surface area contributed by atoms with Gasteiger partial charge < -0.3 is 10.5 Å². The van der Waals surface area contributed by atoms with Gasteiger partial charge in [-0.2, -0.15) is 0 Å². The highest BCUT2D eigenvalue weighted by Crippen LogP contribution is 2.21. The molecule has 0 aliphatic heterocycles. The van der Waals surface area contributed by atoms with Gasteiger partial charge in [0.1, 0.15) is 5.82 Å². The normalized spacial score (nSPS) is 11.7. The Balaban J connectivity index is 2.73. The summed E-state index contributed by atoms with van der Waals surface area (Å²) in [6.07, 6.45) is 3.60. The first-order valence-electron chi connectivity index (χ1n) is 5.21. The molecule has 0 fully saturated rings. The minimum Gasteiger partial charge on any atom is -0.383 e. The number of hydrogen-bond donors (Lipinski definition) is 1. The Morgan fingerprint density at radius 2 is 2.13 bits per heavy atom. The number of nitrogen functional groups attached to an aromatic ring is 1. The van der Waals surface area contributed by atoms with Crippen LogP contribution in [-0.2, 0) is 11.2 Å². The summed E-state index contributed by atoms with van der Waals surface area (Å²) in [6, 6.07) is 1.99. The van der Waals surface area contributed by atoms with Gasteiger partial charge in [0.05, 0.1) is 5.60 Å². The van der Waals surface area contributed by atoms with Gasteiger partial charge in [0.25, 0.3) is 0 Å². The molecule has 0 amide bonds. The standard InChI is InChI=1S/C12H20N2O/c1-9-6-8-14-11(13)10(9)5-7-12(2,3)15-4/h6,8H,5,7H2,1-4H3,(H2,13,14). The zero-order valence-corrected chi connectivity index (χ0v) is 10.0. The third-order valence-corrected chi connectivity index (χ3v) is 2.85. The Labute approximate surface area is 91.7 Å². The monoisotopic (exact) mass is 208 g/mol. The van der Waals surface area contributed by atoms with Crippen molar-refractivity contribution < 1.29 is 4.74 Å². The van der Waals surface area contributed by atoms with Crippen LogP contribution >= 0.6 is 0 Å². The van der Waals surface area contributed by atoms with Crippen molar-refractivity contribution in [2.45, 2.75) is 39.2 Å². The molecule has 0 unspecified atom stereocenters. The highest BCUT2D eigenvalue weighted by Gasteiger charge is 2.17. The second-order valence-corrected chi connectivity index (χ2v) is 4.46. The molecule has 1 aromatic rings. The number of aromatic nitrogens is 1. The van der Waals surface area contributed by atoms with Gasteiger partial charge in [-0.15, -0.1) is 0 Å².